The summed E-state index contributed by atoms with van der Waals surface area (Å²) in [4.78, 5) is 16.1. The summed E-state index contributed by atoms with van der Waals surface area (Å²) in [5.74, 6) is 0. The summed E-state index contributed by atoms with van der Waals surface area (Å²) < 4.78 is 5.46. The summed E-state index contributed by atoms with van der Waals surface area (Å²) in [7, 11) is 0. The number of nitrogen functional groups attached to an aromatic ring is 1. The largest absolute Gasteiger partial charge is 0.444 e. The minimum absolute atomic E-state index is 0.290. The maximum absolute atomic E-state index is 12.3. The average molecular weight is 368 g/mol. The van der Waals surface area contributed by atoms with Crippen LogP contribution < -0.4 is 16.0 Å². The third-order valence-electron chi connectivity index (χ3n) is 4.38. The lowest BCUT2D eigenvalue weighted by molar-refractivity contribution is 0.0297. The van der Waals surface area contributed by atoms with E-state index in [-0.39, 0.29) is 6.09 Å². The second kappa shape index (κ2) is 7.78. The standard InChI is InChI=1S/C21H28N4O2/c1-21(2,3)27-20(26)25-13-12-24(15-25)18-11-7-10-17(19(18)22)23-14-16-8-5-4-6-9-16/h4-11,23H,12-15,22H2,1-3H3. The number of hydrogen-bond acceptors (Lipinski definition) is 5. The molecule has 144 valence electrons. The first-order chi connectivity index (χ1) is 12.8. The van der Waals surface area contributed by atoms with E-state index in [0.717, 1.165) is 17.9 Å². The number of para-hydroxylation sites is 1. The molecule has 3 rings (SSSR count). The molecule has 2 aromatic carbocycles. The Hall–Kier alpha value is -2.89. The van der Waals surface area contributed by atoms with Crippen molar-refractivity contribution in [2.24, 2.45) is 0 Å². The lowest BCUT2D eigenvalue weighted by Crippen LogP contribution is -2.36. The Morgan fingerprint density at radius 2 is 1.85 bits per heavy atom. The first kappa shape index (κ1) is 18.9. The van der Waals surface area contributed by atoms with Gasteiger partial charge in [-0.25, -0.2) is 4.79 Å². The molecular weight excluding hydrogens is 340 g/mol. The quantitative estimate of drug-likeness (QED) is 0.801. The van der Waals surface area contributed by atoms with E-state index in [0.29, 0.717) is 25.4 Å². The molecule has 0 aliphatic carbocycles. The minimum Gasteiger partial charge on any atom is -0.444 e. The number of rotatable bonds is 4. The van der Waals surface area contributed by atoms with Crippen molar-refractivity contribution in [3.8, 4) is 0 Å². The van der Waals surface area contributed by atoms with Crippen molar-refractivity contribution in [2.75, 3.05) is 35.7 Å². The molecule has 1 fully saturated rings. The van der Waals surface area contributed by atoms with Gasteiger partial charge in [0, 0.05) is 19.6 Å². The van der Waals surface area contributed by atoms with E-state index in [1.807, 2.05) is 57.2 Å². The van der Waals surface area contributed by atoms with Gasteiger partial charge in [-0.3, -0.25) is 4.90 Å². The van der Waals surface area contributed by atoms with Crippen LogP contribution in [0.15, 0.2) is 48.5 Å². The van der Waals surface area contributed by atoms with Gasteiger partial charge in [0.25, 0.3) is 0 Å². The van der Waals surface area contributed by atoms with Gasteiger partial charge in [0.15, 0.2) is 0 Å². The van der Waals surface area contributed by atoms with Crippen molar-refractivity contribution in [1.29, 1.82) is 0 Å². The Kier molecular flexibility index (Phi) is 5.44. The van der Waals surface area contributed by atoms with Gasteiger partial charge in [0.2, 0.25) is 0 Å². The number of nitrogens with two attached hydrogens (primary N) is 1. The number of carbonyl (C=O) groups excluding carboxylic acids is 1. The number of benzene rings is 2. The Balaban J connectivity index is 1.66. The molecule has 2 aromatic rings. The molecule has 0 radical (unpaired) electrons. The average Bonchev–Trinajstić information content (AvgIpc) is 3.10. The number of anilines is 3. The third kappa shape index (κ3) is 4.84. The van der Waals surface area contributed by atoms with E-state index in [1.165, 1.54) is 5.56 Å². The van der Waals surface area contributed by atoms with Crippen LogP contribution in [0.3, 0.4) is 0 Å². The molecule has 1 amide bonds. The van der Waals surface area contributed by atoms with Crippen LogP contribution in [0, 0.1) is 0 Å². The van der Waals surface area contributed by atoms with Gasteiger partial charge in [-0.05, 0) is 38.5 Å². The molecule has 0 aromatic heterocycles. The molecule has 0 bridgehead atoms. The van der Waals surface area contributed by atoms with Crippen LogP contribution in [-0.2, 0) is 11.3 Å². The summed E-state index contributed by atoms with van der Waals surface area (Å²) in [6, 6.07) is 16.1. The highest BCUT2D eigenvalue weighted by Gasteiger charge is 2.29. The molecule has 0 atom stereocenters. The van der Waals surface area contributed by atoms with Crippen molar-refractivity contribution in [3.63, 3.8) is 0 Å². The molecule has 0 unspecified atom stereocenters. The van der Waals surface area contributed by atoms with Crippen LogP contribution in [0.1, 0.15) is 26.3 Å². The molecule has 6 heteroatoms. The molecule has 6 nitrogen and oxygen atoms in total. The van der Waals surface area contributed by atoms with E-state index in [1.54, 1.807) is 4.90 Å². The number of nitrogens with one attached hydrogen (secondary N) is 1. The third-order valence-corrected chi connectivity index (χ3v) is 4.38. The molecule has 27 heavy (non-hydrogen) atoms. The summed E-state index contributed by atoms with van der Waals surface area (Å²) in [6.45, 7) is 8.15. The SMILES string of the molecule is CC(C)(C)OC(=O)N1CCN(c2cccc(NCc3ccccc3)c2N)C1. The fourth-order valence-electron chi connectivity index (χ4n) is 3.04. The first-order valence-corrected chi connectivity index (χ1v) is 9.22. The molecule has 0 spiro atoms. The van der Waals surface area contributed by atoms with Crippen LogP contribution in [0.5, 0.6) is 0 Å². The molecule has 1 aliphatic rings. The van der Waals surface area contributed by atoms with Crippen molar-refractivity contribution in [1.82, 2.24) is 4.90 Å². The monoisotopic (exact) mass is 368 g/mol. The van der Waals surface area contributed by atoms with Crippen LogP contribution in [0.25, 0.3) is 0 Å². The Morgan fingerprint density at radius 1 is 1.11 bits per heavy atom. The van der Waals surface area contributed by atoms with Gasteiger partial charge in [0.1, 0.15) is 5.60 Å². The summed E-state index contributed by atoms with van der Waals surface area (Å²) in [5.41, 5.74) is 9.63. The predicted octanol–water partition coefficient (Wildman–Crippen LogP) is 3.90. The van der Waals surface area contributed by atoms with Crippen molar-refractivity contribution in [3.05, 3.63) is 54.1 Å². The zero-order valence-electron chi connectivity index (χ0n) is 16.2. The Morgan fingerprint density at radius 3 is 2.56 bits per heavy atom. The zero-order valence-corrected chi connectivity index (χ0v) is 16.2. The molecule has 1 heterocycles. The van der Waals surface area contributed by atoms with E-state index in [4.69, 9.17) is 10.5 Å². The fourth-order valence-corrected chi connectivity index (χ4v) is 3.04. The lowest BCUT2D eigenvalue weighted by Gasteiger charge is -2.25. The van der Waals surface area contributed by atoms with Crippen molar-refractivity contribution in [2.45, 2.75) is 32.9 Å². The normalized spacial score (nSPS) is 14.3. The first-order valence-electron chi connectivity index (χ1n) is 9.22. The van der Waals surface area contributed by atoms with Gasteiger partial charge in [-0.2, -0.15) is 0 Å². The van der Waals surface area contributed by atoms with Crippen LogP contribution >= 0.6 is 0 Å². The number of ether oxygens (including phenoxy) is 1. The fraction of sp³-hybridized carbons (Fsp3) is 0.381. The summed E-state index contributed by atoms with van der Waals surface area (Å²) in [6.07, 6.45) is -0.290. The van der Waals surface area contributed by atoms with Crippen molar-refractivity contribution < 1.29 is 9.53 Å². The van der Waals surface area contributed by atoms with Crippen molar-refractivity contribution >= 4 is 23.2 Å². The smallest absolute Gasteiger partial charge is 0.411 e. The van der Waals surface area contributed by atoms with Crippen LogP contribution in [0.4, 0.5) is 21.9 Å². The van der Waals surface area contributed by atoms with E-state index >= 15 is 0 Å². The lowest BCUT2D eigenvalue weighted by atomic mass is 10.2. The van der Waals surface area contributed by atoms with Crippen LogP contribution in [-0.4, -0.2) is 36.4 Å². The highest BCUT2D eigenvalue weighted by atomic mass is 16.6. The summed E-state index contributed by atoms with van der Waals surface area (Å²) in [5, 5.41) is 3.40. The molecule has 1 saturated heterocycles. The van der Waals surface area contributed by atoms with E-state index in [9.17, 15) is 4.79 Å². The minimum atomic E-state index is -0.495. The van der Waals surface area contributed by atoms with Gasteiger partial charge < -0.3 is 20.7 Å². The molecule has 3 N–H and O–H groups in total. The Labute approximate surface area is 160 Å². The van der Waals surface area contributed by atoms with E-state index in [2.05, 4.69) is 22.3 Å². The zero-order chi connectivity index (χ0) is 19.4. The predicted molar refractivity (Wildman–Crippen MR) is 110 cm³/mol. The number of amides is 1. The second-order valence-electron chi connectivity index (χ2n) is 7.73. The molecule has 1 aliphatic heterocycles. The maximum atomic E-state index is 12.3. The van der Waals surface area contributed by atoms with Gasteiger partial charge >= 0.3 is 6.09 Å². The number of carbonyl (C=O) groups is 1. The molecule has 0 saturated carbocycles. The van der Waals surface area contributed by atoms with Gasteiger partial charge in [-0.15, -0.1) is 0 Å². The van der Waals surface area contributed by atoms with Crippen LogP contribution in [0.2, 0.25) is 0 Å². The summed E-state index contributed by atoms with van der Waals surface area (Å²) >= 11 is 0. The van der Waals surface area contributed by atoms with Gasteiger partial charge in [-0.1, -0.05) is 36.4 Å². The van der Waals surface area contributed by atoms with E-state index < -0.39 is 5.60 Å². The molecular formula is C21H28N4O2. The van der Waals surface area contributed by atoms with Gasteiger partial charge in [0.05, 0.1) is 23.7 Å². The Bertz CT molecular complexity index is 787. The number of nitrogens with zero attached hydrogens (tertiary/aromatic N) is 2. The topological polar surface area (TPSA) is 70.8 Å². The maximum Gasteiger partial charge on any atom is 0.411 e. The highest BCUT2D eigenvalue weighted by Crippen LogP contribution is 2.32. The number of hydrogen-bond donors (Lipinski definition) is 2. The second-order valence-corrected chi connectivity index (χ2v) is 7.73. The highest BCUT2D eigenvalue weighted by molar-refractivity contribution is 5.82.